The Bertz CT molecular complexity index is 1760. The van der Waals surface area contributed by atoms with E-state index >= 15 is 0 Å². The minimum Gasteiger partial charge on any atom is -0.480 e. The lowest BCUT2D eigenvalue weighted by Gasteiger charge is -2.49. The van der Waals surface area contributed by atoms with E-state index in [2.05, 4.69) is 36.6 Å². The van der Waals surface area contributed by atoms with Crippen molar-refractivity contribution in [2.24, 2.45) is 15.9 Å². The van der Waals surface area contributed by atoms with Crippen LogP contribution in [-0.2, 0) is 24.4 Å². The molecule has 2 aromatic rings. The number of aliphatic imine (C=N–C) groups is 2. The fourth-order valence-corrected chi connectivity index (χ4v) is 8.60. The zero-order chi connectivity index (χ0) is 34.5. The van der Waals surface area contributed by atoms with Gasteiger partial charge in [0.25, 0.3) is 5.91 Å². The maximum Gasteiger partial charge on any atom is 0.328 e. The molecule has 1 unspecified atom stereocenters. The number of benzene rings is 2. The number of rotatable bonds is 11. The first kappa shape index (κ1) is 33.9. The van der Waals surface area contributed by atoms with Crippen LogP contribution in [0.15, 0.2) is 69.5 Å². The summed E-state index contributed by atoms with van der Waals surface area (Å²) in [5.41, 5.74) is 0.898. The van der Waals surface area contributed by atoms with Crippen LogP contribution in [-0.4, -0.2) is 116 Å². The molecule has 3 amide bonds. The summed E-state index contributed by atoms with van der Waals surface area (Å²) in [5.74, 6) is -2.24. The average Bonchev–Trinajstić information content (AvgIpc) is 3.82. The van der Waals surface area contributed by atoms with Gasteiger partial charge in [-0.1, -0.05) is 24.3 Å². The van der Waals surface area contributed by atoms with Crippen LogP contribution in [0.3, 0.4) is 0 Å². The zero-order valence-electron chi connectivity index (χ0n) is 26.7. The SMILES string of the molecule is O=C(CNC(=O)c1cccc(NC2=NCCN2C2=NCCN2)c1)NC[C@@H](NC(=O)C1C2CCC(CC2)N1S(=O)(=O)c1ccccc1)C(=O)O. The summed E-state index contributed by atoms with van der Waals surface area (Å²) < 4.78 is 28.5. The van der Waals surface area contributed by atoms with E-state index in [9.17, 15) is 32.7 Å². The second-order valence-electron chi connectivity index (χ2n) is 12.2. The third-order valence-corrected chi connectivity index (χ3v) is 11.0. The van der Waals surface area contributed by atoms with E-state index in [-0.39, 0.29) is 22.4 Å². The molecule has 5 aliphatic rings. The Morgan fingerprint density at radius 2 is 1.73 bits per heavy atom. The zero-order valence-corrected chi connectivity index (χ0v) is 27.5. The van der Waals surface area contributed by atoms with Crippen LogP contribution in [0.5, 0.6) is 0 Å². The molecule has 2 atom stereocenters. The molecule has 4 heterocycles. The highest BCUT2D eigenvalue weighted by Crippen LogP contribution is 2.42. The number of aliphatic carboxylic acids is 1. The Balaban J connectivity index is 1.02. The number of nitrogens with zero attached hydrogens (tertiary/aromatic N) is 4. The molecule has 49 heavy (non-hydrogen) atoms. The fourth-order valence-electron chi connectivity index (χ4n) is 6.69. The number of carboxylic acids is 1. The van der Waals surface area contributed by atoms with E-state index in [1.54, 1.807) is 42.5 Å². The van der Waals surface area contributed by atoms with Crippen molar-refractivity contribution in [3.63, 3.8) is 0 Å². The number of anilines is 1. The number of amides is 3. The third-order valence-electron chi connectivity index (χ3n) is 9.07. The molecule has 0 radical (unpaired) electrons. The van der Waals surface area contributed by atoms with Crippen molar-refractivity contribution in [1.29, 1.82) is 0 Å². The lowest BCUT2D eigenvalue weighted by atomic mass is 9.76. The van der Waals surface area contributed by atoms with Gasteiger partial charge in [0.05, 0.1) is 24.5 Å². The smallest absolute Gasteiger partial charge is 0.328 e. The number of carboxylic acid groups (broad SMARTS) is 1. The second-order valence-corrected chi connectivity index (χ2v) is 14.1. The molecule has 2 saturated heterocycles. The van der Waals surface area contributed by atoms with Crippen molar-refractivity contribution in [3.8, 4) is 0 Å². The molecular weight excluding hydrogens is 654 g/mol. The lowest BCUT2D eigenvalue weighted by molar-refractivity contribution is -0.143. The Morgan fingerprint density at radius 1 is 0.959 bits per heavy atom. The molecule has 260 valence electrons. The number of nitrogens with one attached hydrogen (secondary N) is 5. The van der Waals surface area contributed by atoms with Crippen LogP contribution in [0, 0.1) is 5.92 Å². The first-order chi connectivity index (χ1) is 23.6. The minimum absolute atomic E-state index is 0.0644. The third kappa shape index (κ3) is 7.51. The summed E-state index contributed by atoms with van der Waals surface area (Å²) in [7, 11) is -4.03. The maximum atomic E-state index is 13.6. The van der Waals surface area contributed by atoms with Crippen molar-refractivity contribution in [2.45, 2.75) is 48.7 Å². The van der Waals surface area contributed by atoms with E-state index in [0.29, 0.717) is 57.0 Å². The van der Waals surface area contributed by atoms with Crippen LogP contribution in [0.2, 0.25) is 0 Å². The van der Waals surface area contributed by atoms with Crippen LogP contribution in [0.4, 0.5) is 5.69 Å². The summed E-state index contributed by atoms with van der Waals surface area (Å²) in [6, 6.07) is 11.6. The quantitative estimate of drug-likeness (QED) is 0.182. The molecule has 0 aromatic heterocycles. The summed E-state index contributed by atoms with van der Waals surface area (Å²) in [6.07, 6.45) is 2.54. The number of carbonyl (C=O) groups excluding carboxylic acids is 3. The molecule has 16 nitrogen and oxygen atoms in total. The first-order valence-electron chi connectivity index (χ1n) is 16.3. The largest absolute Gasteiger partial charge is 0.480 e. The summed E-state index contributed by atoms with van der Waals surface area (Å²) in [4.78, 5) is 62.0. The van der Waals surface area contributed by atoms with Gasteiger partial charge in [-0.05, 0) is 61.9 Å². The number of sulfonamides is 1. The molecule has 0 spiro atoms. The molecule has 4 aliphatic heterocycles. The molecule has 1 aliphatic carbocycles. The summed E-state index contributed by atoms with van der Waals surface area (Å²) >= 11 is 0. The van der Waals surface area contributed by atoms with E-state index < -0.39 is 58.9 Å². The van der Waals surface area contributed by atoms with Crippen molar-refractivity contribution in [1.82, 2.24) is 30.5 Å². The van der Waals surface area contributed by atoms with E-state index in [1.807, 2.05) is 4.90 Å². The molecule has 1 saturated carbocycles. The Morgan fingerprint density at radius 3 is 2.45 bits per heavy atom. The maximum absolute atomic E-state index is 13.6. The van der Waals surface area contributed by atoms with Gasteiger partial charge in [0, 0.05) is 36.9 Å². The van der Waals surface area contributed by atoms with Crippen LogP contribution in [0.1, 0.15) is 36.0 Å². The van der Waals surface area contributed by atoms with Gasteiger partial charge in [0.15, 0.2) is 0 Å². The standard InChI is InChI=1S/C32H39N9O7S/c42-26(19-37-28(43)21-5-4-6-22(17-21)38-32-35-15-16-40(32)31-33-13-14-34-31)36-18-25(30(45)46)39-29(44)27-20-9-11-23(12-10-20)41(27)49(47,48)24-7-2-1-3-8-24/h1-8,17,20,23,25,27H,9-16,18-19H2,(H,33,34)(H,35,38)(H,36,42)(H,37,43)(H,39,44)(H,45,46)/t20?,23?,25-,27?/m1/s1. The predicted molar refractivity (Wildman–Crippen MR) is 179 cm³/mol. The van der Waals surface area contributed by atoms with Crippen LogP contribution < -0.4 is 26.6 Å². The molecule has 17 heteroatoms. The van der Waals surface area contributed by atoms with Gasteiger partial charge < -0.3 is 31.7 Å². The normalized spacial score (nSPS) is 22.4. The molecule has 6 N–H and O–H groups in total. The molecule has 3 fully saturated rings. The van der Waals surface area contributed by atoms with Gasteiger partial charge in [-0.15, -0.1) is 0 Å². The van der Waals surface area contributed by atoms with Crippen molar-refractivity contribution >= 4 is 51.3 Å². The summed E-state index contributed by atoms with van der Waals surface area (Å²) in [6.45, 7) is 1.80. The van der Waals surface area contributed by atoms with E-state index in [1.165, 1.54) is 16.4 Å². The van der Waals surface area contributed by atoms with Gasteiger partial charge in [0.1, 0.15) is 12.1 Å². The van der Waals surface area contributed by atoms with Gasteiger partial charge in [-0.3, -0.25) is 29.3 Å². The average molecular weight is 694 g/mol. The predicted octanol–water partition coefficient (Wildman–Crippen LogP) is -0.223. The molecule has 2 aromatic carbocycles. The first-order valence-corrected chi connectivity index (χ1v) is 17.7. The van der Waals surface area contributed by atoms with E-state index in [0.717, 1.165) is 12.5 Å². The van der Waals surface area contributed by atoms with E-state index in [4.69, 9.17) is 0 Å². The monoisotopic (exact) mass is 693 g/mol. The highest BCUT2D eigenvalue weighted by Gasteiger charge is 2.51. The van der Waals surface area contributed by atoms with Gasteiger partial charge >= 0.3 is 5.97 Å². The Hall–Kier alpha value is -5.03. The molecular formula is C32H39N9O7S. The van der Waals surface area contributed by atoms with Crippen LogP contribution >= 0.6 is 0 Å². The topological polar surface area (TPSA) is 214 Å². The Labute approximate surface area is 283 Å². The minimum atomic E-state index is -4.03. The van der Waals surface area contributed by atoms with Crippen molar-refractivity contribution in [3.05, 3.63) is 60.2 Å². The number of fused-ring (bicyclic) bond motifs is 3. The molecule has 2 bridgehead atoms. The number of hydrogen-bond acceptors (Lipinski definition) is 11. The van der Waals surface area contributed by atoms with Gasteiger partial charge in [-0.2, -0.15) is 4.31 Å². The molecule has 7 rings (SSSR count). The number of guanidine groups is 2. The van der Waals surface area contributed by atoms with Gasteiger partial charge in [0.2, 0.25) is 33.8 Å². The number of carbonyl (C=O) groups is 4. The number of piperidine rings is 2. The second kappa shape index (κ2) is 14.6. The van der Waals surface area contributed by atoms with Crippen LogP contribution in [0.25, 0.3) is 0 Å². The number of hydrogen-bond donors (Lipinski definition) is 6. The fraction of sp³-hybridized carbons (Fsp3) is 0.438. The highest BCUT2D eigenvalue weighted by molar-refractivity contribution is 7.89. The summed E-state index contributed by atoms with van der Waals surface area (Å²) in [5, 5.41) is 23.7. The van der Waals surface area contributed by atoms with Gasteiger partial charge in [-0.25, -0.2) is 13.2 Å². The van der Waals surface area contributed by atoms with Crippen molar-refractivity contribution in [2.75, 3.05) is 44.6 Å². The lowest BCUT2D eigenvalue weighted by Crippen LogP contribution is -2.64. The Kier molecular flexibility index (Phi) is 10.1. The van der Waals surface area contributed by atoms with Crippen molar-refractivity contribution < 1.29 is 32.7 Å². The highest BCUT2D eigenvalue weighted by atomic mass is 32.2.